The first kappa shape index (κ1) is 51.0. The van der Waals surface area contributed by atoms with Crippen LogP contribution in [0.3, 0.4) is 0 Å². The quantitative estimate of drug-likeness (QED) is 0.0154. The van der Waals surface area contributed by atoms with E-state index in [9.17, 15) is 14.3 Å². The van der Waals surface area contributed by atoms with E-state index in [2.05, 4.69) is 62.5 Å². The van der Waals surface area contributed by atoms with Crippen LogP contribution in [0.15, 0.2) is 60.9 Å². The lowest BCUT2D eigenvalue weighted by molar-refractivity contribution is -0.870. The Hall–Kier alpha value is -1.96. The molecule has 0 amide bonds. The first-order valence-corrected chi connectivity index (χ1v) is 22.5. The second-order valence-electron chi connectivity index (χ2n) is 15.0. The summed E-state index contributed by atoms with van der Waals surface area (Å²) in [6, 6.07) is 0. The van der Waals surface area contributed by atoms with E-state index in [1.165, 1.54) is 70.6 Å². The summed E-state index contributed by atoms with van der Waals surface area (Å²) in [5.41, 5.74) is 0. The highest BCUT2D eigenvalue weighted by atomic mass is 31.2. The van der Waals surface area contributed by atoms with Gasteiger partial charge in [0, 0.05) is 6.42 Å². The van der Waals surface area contributed by atoms with Gasteiger partial charge in [0.05, 0.1) is 34.0 Å². The number of phosphoric ester groups is 1. The van der Waals surface area contributed by atoms with Crippen LogP contribution in [0.5, 0.6) is 0 Å². The highest BCUT2D eigenvalue weighted by Crippen LogP contribution is 2.38. The highest BCUT2D eigenvalue weighted by Gasteiger charge is 2.19. The summed E-state index contributed by atoms with van der Waals surface area (Å²) in [6.07, 6.45) is 46.1. The predicted octanol–water partition coefficient (Wildman–Crippen LogP) is 11.9. The third-order valence-electron chi connectivity index (χ3n) is 8.67. The molecule has 8 nitrogen and oxygen atoms in total. The average Bonchev–Trinajstić information content (AvgIpc) is 3.11. The molecule has 0 saturated heterocycles. The first-order valence-electron chi connectivity index (χ1n) is 21.1. The van der Waals surface area contributed by atoms with Gasteiger partial charge in [0.15, 0.2) is 6.10 Å². The number of hydrogen-bond acceptors (Lipinski definition) is 7. The van der Waals surface area contributed by atoms with Crippen molar-refractivity contribution in [2.45, 2.75) is 168 Å². The molecule has 9 heteroatoms. The van der Waals surface area contributed by atoms with Gasteiger partial charge in [0.25, 0.3) is 7.82 Å². The highest BCUT2D eigenvalue weighted by molar-refractivity contribution is 7.45. The van der Waals surface area contributed by atoms with Gasteiger partial charge < -0.3 is 27.9 Å². The van der Waals surface area contributed by atoms with Crippen molar-refractivity contribution in [2.75, 3.05) is 47.5 Å². The van der Waals surface area contributed by atoms with Gasteiger partial charge in [-0.15, -0.1) is 0 Å². The number of unbranched alkanes of at least 4 members (excludes halogenated alkanes) is 16. The maximum absolute atomic E-state index is 12.5. The van der Waals surface area contributed by atoms with Gasteiger partial charge in [-0.3, -0.25) is 9.36 Å². The third kappa shape index (κ3) is 41.1. The minimum absolute atomic E-state index is 0.0210. The Morgan fingerprint density at radius 1 is 0.623 bits per heavy atom. The van der Waals surface area contributed by atoms with Gasteiger partial charge in [-0.1, -0.05) is 146 Å². The van der Waals surface area contributed by atoms with Gasteiger partial charge in [-0.2, -0.15) is 0 Å². The Bertz CT molecular complexity index is 1030. The van der Waals surface area contributed by atoms with E-state index in [-0.39, 0.29) is 25.8 Å². The van der Waals surface area contributed by atoms with E-state index >= 15 is 0 Å². The molecular weight excluding hydrogens is 685 g/mol. The van der Waals surface area contributed by atoms with Crippen LogP contribution < -0.4 is 4.89 Å². The van der Waals surface area contributed by atoms with E-state index in [4.69, 9.17) is 18.5 Å². The van der Waals surface area contributed by atoms with Gasteiger partial charge in [0.1, 0.15) is 19.8 Å². The fourth-order valence-corrected chi connectivity index (χ4v) is 6.07. The summed E-state index contributed by atoms with van der Waals surface area (Å²) in [4.78, 5) is 24.8. The SMILES string of the molecule is CC/C=C\C/C=C\C/C=C\C/C=C\CCCCCCC(=O)OCC(COP(=O)([O-])OCC[N+](C)(C)C)O/C=C\CCCCCCCCCCCCCC. The van der Waals surface area contributed by atoms with E-state index in [1.54, 1.807) is 6.26 Å². The number of phosphoric acid groups is 1. The zero-order valence-electron chi connectivity index (χ0n) is 34.7. The first-order chi connectivity index (χ1) is 25.6. The van der Waals surface area contributed by atoms with Gasteiger partial charge in [-0.05, 0) is 63.9 Å². The van der Waals surface area contributed by atoms with E-state index in [0.29, 0.717) is 17.4 Å². The predicted molar refractivity (Wildman–Crippen MR) is 221 cm³/mol. The number of ether oxygens (including phenoxy) is 2. The summed E-state index contributed by atoms with van der Waals surface area (Å²) in [5, 5.41) is 0. The minimum Gasteiger partial charge on any atom is -0.756 e. The molecule has 0 aromatic rings. The number of hydrogen-bond donors (Lipinski definition) is 0. The molecule has 308 valence electrons. The molecule has 0 spiro atoms. The average molecular weight is 766 g/mol. The van der Waals surface area contributed by atoms with Crippen molar-refractivity contribution in [3.63, 3.8) is 0 Å². The van der Waals surface area contributed by atoms with Crippen molar-refractivity contribution in [1.29, 1.82) is 0 Å². The molecule has 0 heterocycles. The van der Waals surface area contributed by atoms with E-state index in [1.807, 2.05) is 27.2 Å². The summed E-state index contributed by atoms with van der Waals surface area (Å²) >= 11 is 0. The second kappa shape index (κ2) is 37.0. The van der Waals surface area contributed by atoms with Crippen LogP contribution in [0.4, 0.5) is 0 Å². The number of nitrogens with zero attached hydrogens (tertiary/aromatic N) is 1. The van der Waals surface area contributed by atoms with Crippen LogP contribution in [0.1, 0.15) is 162 Å². The number of carbonyl (C=O) groups excluding carboxylic acids is 1. The normalized spacial score (nSPS) is 14.4. The van der Waals surface area contributed by atoms with Crippen molar-refractivity contribution in [3.05, 3.63) is 60.9 Å². The number of quaternary nitrogens is 1. The zero-order chi connectivity index (χ0) is 39.1. The summed E-state index contributed by atoms with van der Waals surface area (Å²) in [6.45, 7) is 4.56. The summed E-state index contributed by atoms with van der Waals surface area (Å²) < 4.78 is 34.3. The van der Waals surface area contributed by atoms with Gasteiger partial charge in [0.2, 0.25) is 0 Å². The smallest absolute Gasteiger partial charge is 0.305 e. The van der Waals surface area contributed by atoms with Crippen molar-refractivity contribution in [2.24, 2.45) is 0 Å². The maximum Gasteiger partial charge on any atom is 0.305 e. The van der Waals surface area contributed by atoms with Crippen LogP contribution in [-0.2, 0) is 27.9 Å². The van der Waals surface area contributed by atoms with Crippen molar-refractivity contribution >= 4 is 13.8 Å². The van der Waals surface area contributed by atoms with Crippen LogP contribution in [0.2, 0.25) is 0 Å². The number of esters is 1. The molecule has 0 aliphatic carbocycles. The third-order valence-corrected chi connectivity index (χ3v) is 9.64. The summed E-state index contributed by atoms with van der Waals surface area (Å²) in [7, 11) is 1.34. The van der Waals surface area contributed by atoms with Crippen molar-refractivity contribution in [1.82, 2.24) is 0 Å². The Morgan fingerprint density at radius 3 is 1.66 bits per heavy atom. The van der Waals surface area contributed by atoms with Crippen molar-refractivity contribution in [3.8, 4) is 0 Å². The van der Waals surface area contributed by atoms with Crippen LogP contribution >= 0.6 is 7.82 Å². The second-order valence-corrected chi connectivity index (χ2v) is 16.4. The minimum atomic E-state index is -4.52. The standard InChI is InChI=1S/C44H80NO7P/c1-6-8-10-12-14-16-18-20-22-23-24-25-27-29-31-33-35-37-44(46)50-41-43(42-52-53(47,48)51-40-38-45(3,4)5)49-39-36-34-32-30-28-26-21-19-17-15-13-11-9-7-2/h8,10,14,16,20,22,24-25,36,39,43H,6-7,9,11-13,15,17-19,21,23,26-35,37-38,40-42H2,1-5H3/b10-8-,16-14-,22-20-,25-24-,39-36-. The Kier molecular flexibility index (Phi) is 35.6. The lowest BCUT2D eigenvalue weighted by Gasteiger charge is -2.28. The molecule has 2 atom stereocenters. The molecule has 0 N–H and O–H groups in total. The Balaban J connectivity index is 4.35. The summed E-state index contributed by atoms with van der Waals surface area (Å²) in [5.74, 6) is -0.317. The van der Waals surface area contributed by atoms with E-state index < -0.39 is 13.9 Å². The molecule has 0 fully saturated rings. The van der Waals surface area contributed by atoms with Crippen LogP contribution in [-0.4, -0.2) is 64.1 Å². The lowest BCUT2D eigenvalue weighted by Crippen LogP contribution is -2.37. The Labute approximate surface area is 326 Å². The fraction of sp³-hybridized carbons (Fsp3) is 0.750. The van der Waals surface area contributed by atoms with E-state index in [0.717, 1.165) is 70.6 Å². The molecule has 0 radical (unpaired) electrons. The van der Waals surface area contributed by atoms with Crippen LogP contribution in [0, 0.1) is 0 Å². The molecule has 0 aromatic carbocycles. The molecule has 0 aliphatic rings. The molecule has 2 unspecified atom stereocenters. The fourth-order valence-electron chi connectivity index (χ4n) is 5.34. The monoisotopic (exact) mass is 766 g/mol. The largest absolute Gasteiger partial charge is 0.756 e. The zero-order valence-corrected chi connectivity index (χ0v) is 35.6. The number of likely N-dealkylation sites (N-methyl/N-ethyl adjacent to an activating group) is 1. The van der Waals surface area contributed by atoms with Crippen LogP contribution in [0.25, 0.3) is 0 Å². The molecule has 0 aliphatic heterocycles. The van der Waals surface area contributed by atoms with Gasteiger partial charge in [-0.25, -0.2) is 0 Å². The molecule has 0 bridgehead atoms. The number of carbonyl (C=O) groups is 1. The molecule has 0 saturated carbocycles. The number of rotatable bonds is 38. The molecule has 0 rings (SSSR count). The van der Waals surface area contributed by atoms with Crippen molar-refractivity contribution < 1.29 is 37.3 Å². The molecular formula is C44H80NO7P. The lowest BCUT2D eigenvalue weighted by atomic mass is 10.0. The number of allylic oxidation sites excluding steroid dienone is 9. The van der Waals surface area contributed by atoms with Gasteiger partial charge >= 0.3 is 5.97 Å². The molecule has 53 heavy (non-hydrogen) atoms. The molecule has 0 aromatic heterocycles. The maximum atomic E-state index is 12.5. The Morgan fingerprint density at radius 2 is 1.11 bits per heavy atom. The topological polar surface area (TPSA) is 94.1 Å².